The van der Waals surface area contributed by atoms with Crippen LogP contribution in [0.5, 0.6) is 0 Å². The number of carbonyl (C=O) groups excluding carboxylic acids is 5. The number of anilines is 1. The van der Waals surface area contributed by atoms with Gasteiger partial charge in [-0.25, -0.2) is 13.2 Å². The lowest BCUT2D eigenvalue weighted by Crippen LogP contribution is -2.54. The van der Waals surface area contributed by atoms with Crippen molar-refractivity contribution in [2.45, 2.75) is 65.0 Å². The van der Waals surface area contributed by atoms with Gasteiger partial charge < -0.3 is 9.80 Å². The average molecular weight is 884 g/mol. The molecule has 5 aliphatic rings. The number of piperazine rings is 1. The molecule has 5 aliphatic heterocycles. The summed E-state index contributed by atoms with van der Waals surface area (Å²) in [5.74, 6) is -12.2. The molecule has 1 unspecified atom stereocenters. The molecule has 5 amide bonds. The van der Waals surface area contributed by atoms with Crippen LogP contribution >= 0.6 is 22.9 Å². The normalized spacial score (nSPS) is 26.3. The zero-order valence-electron chi connectivity index (χ0n) is 40.7. The summed E-state index contributed by atoms with van der Waals surface area (Å²) < 4.78 is 122. The van der Waals surface area contributed by atoms with E-state index in [9.17, 15) is 24.0 Å². The number of hydrogen-bond acceptors (Lipinski definition) is 11. The maximum Gasteiger partial charge on any atom is 0.265 e. The van der Waals surface area contributed by atoms with Crippen LogP contribution in [0.4, 0.5) is 18.9 Å². The molecule has 3 fully saturated rings. The highest BCUT2D eigenvalue weighted by molar-refractivity contribution is 7.15. The minimum Gasteiger partial charge on any atom is -0.364 e. The van der Waals surface area contributed by atoms with E-state index in [-0.39, 0.29) is 54.5 Å². The minimum absolute atomic E-state index is 0.0699. The van der Waals surface area contributed by atoms with Crippen molar-refractivity contribution < 1.29 is 48.1 Å². The van der Waals surface area contributed by atoms with Crippen molar-refractivity contribution in [2.75, 3.05) is 50.5 Å². The Morgan fingerprint density at radius 2 is 1.57 bits per heavy atom. The summed E-state index contributed by atoms with van der Waals surface area (Å²) in [5.41, 5.74) is -1.78. The smallest absolute Gasteiger partial charge is 0.265 e. The second kappa shape index (κ2) is 15.8. The lowest BCUT2D eigenvalue weighted by atomic mass is 9.95. The topological polar surface area (TPSA) is 153 Å². The molecule has 9 rings (SSSR count). The Kier molecular flexibility index (Phi) is 8.35. The molecule has 61 heavy (non-hydrogen) atoms. The van der Waals surface area contributed by atoms with Crippen LogP contribution in [0, 0.1) is 44.1 Å². The number of nitrogens with zero attached hydrogens (tertiary/aromatic N) is 8. The molecule has 0 saturated carbocycles. The summed E-state index contributed by atoms with van der Waals surface area (Å²) in [4.78, 5) is 72.9. The highest BCUT2D eigenvalue weighted by atomic mass is 35.5. The minimum atomic E-state index is -3.94. The van der Waals surface area contributed by atoms with Crippen molar-refractivity contribution in [3.8, 4) is 5.00 Å². The van der Waals surface area contributed by atoms with E-state index in [1.54, 1.807) is 35.3 Å². The maximum absolute atomic E-state index is 16.7. The first-order chi connectivity index (χ1) is 32.2. The van der Waals surface area contributed by atoms with Crippen molar-refractivity contribution in [3.63, 3.8) is 0 Å². The Morgan fingerprint density at radius 1 is 0.902 bits per heavy atom. The number of amides is 5. The van der Waals surface area contributed by atoms with Crippen LogP contribution < -0.4 is 10.2 Å². The van der Waals surface area contributed by atoms with E-state index in [1.807, 2.05) is 35.9 Å². The number of aromatic nitrogens is 3. The van der Waals surface area contributed by atoms with Gasteiger partial charge in [-0.3, -0.25) is 48.6 Å². The van der Waals surface area contributed by atoms with Crippen LogP contribution in [-0.4, -0.2) is 116 Å². The zero-order chi connectivity index (χ0) is 50.2. The van der Waals surface area contributed by atoms with Gasteiger partial charge >= 0.3 is 0 Å². The Bertz CT molecular complexity index is 2920. The number of piperidine rings is 2. The number of carbonyl (C=O) groups is 5. The van der Waals surface area contributed by atoms with E-state index < -0.39 is 120 Å². The molecule has 7 heterocycles. The van der Waals surface area contributed by atoms with Crippen LogP contribution in [0.1, 0.15) is 103 Å². The largest absolute Gasteiger partial charge is 0.364 e. The molecule has 1 N–H and O–H groups in total. The summed E-state index contributed by atoms with van der Waals surface area (Å²) in [6.07, 6.45) is -0.756. The standard InChI is InChI=1S/C42H41ClF3N9O5S/c1-20-21(2)61-42-30(20)36(24-4-6-25(43)7-5-24)47-26(38-50-49-22(3)54(38)42)18-29(57)52-12-10-23(11-13-52)19-51-14-16-53(17-15-51)37-34(45)32-31(33(44)35(37)46)40(59)55(41(32)60)27-8-9-28(56)48-39(27)58/h4-7,23,26-27H,8-19H2,1-3H3,(H,48,56,58)/t26-,27?/m0/s1/i14D2,15D2,16D2,17D2. The lowest BCUT2D eigenvalue weighted by molar-refractivity contribution is -0.136. The summed E-state index contributed by atoms with van der Waals surface area (Å²) in [6.45, 7) is -9.93. The van der Waals surface area contributed by atoms with Crippen LogP contribution in [0.3, 0.4) is 0 Å². The van der Waals surface area contributed by atoms with Crippen LogP contribution in [-0.2, 0) is 14.4 Å². The number of nitrogens with one attached hydrogen (secondary N) is 1. The fraction of sp³-hybridized carbons (Fsp3) is 0.429. The predicted molar refractivity (Wildman–Crippen MR) is 219 cm³/mol. The van der Waals surface area contributed by atoms with Gasteiger partial charge in [0, 0.05) is 78.6 Å². The molecule has 318 valence electrons. The second-order valence-electron chi connectivity index (χ2n) is 15.3. The number of fused-ring (bicyclic) bond motifs is 4. The fourth-order valence-electron chi connectivity index (χ4n) is 8.32. The van der Waals surface area contributed by atoms with E-state index in [2.05, 4.69) is 10.2 Å². The Balaban J connectivity index is 0.958. The van der Waals surface area contributed by atoms with Gasteiger partial charge in [-0.15, -0.1) is 21.5 Å². The third kappa shape index (κ3) is 7.01. The molecule has 2 atom stereocenters. The quantitative estimate of drug-likeness (QED) is 0.198. The van der Waals surface area contributed by atoms with Crippen LogP contribution in [0.15, 0.2) is 29.3 Å². The van der Waals surface area contributed by atoms with Crippen molar-refractivity contribution in [2.24, 2.45) is 10.9 Å². The number of benzene rings is 2. The first-order valence-electron chi connectivity index (χ1n) is 23.4. The zero-order valence-corrected chi connectivity index (χ0v) is 34.3. The predicted octanol–water partition coefficient (Wildman–Crippen LogP) is 5.07. The van der Waals surface area contributed by atoms with Crippen LogP contribution in [0.2, 0.25) is 5.02 Å². The molecule has 2 aromatic heterocycles. The van der Waals surface area contributed by atoms with E-state index in [0.717, 1.165) is 26.6 Å². The average Bonchev–Trinajstić information content (AvgIpc) is 3.86. The van der Waals surface area contributed by atoms with Gasteiger partial charge in [-0.2, -0.15) is 0 Å². The molecule has 2 aromatic carbocycles. The summed E-state index contributed by atoms with van der Waals surface area (Å²) in [7, 11) is 0. The van der Waals surface area contributed by atoms with E-state index in [4.69, 9.17) is 27.6 Å². The number of hydrogen-bond donors (Lipinski definition) is 1. The number of likely N-dealkylation sites (tertiary alicyclic amines) is 1. The summed E-state index contributed by atoms with van der Waals surface area (Å²) >= 11 is 7.78. The number of thiophene rings is 1. The summed E-state index contributed by atoms with van der Waals surface area (Å²) in [6, 6.07) is 4.62. The molecule has 0 spiro atoms. The number of aryl methyl sites for hydroxylation is 2. The molecule has 0 bridgehead atoms. The summed E-state index contributed by atoms with van der Waals surface area (Å²) in [5, 5.41) is 12.0. The van der Waals surface area contributed by atoms with Gasteiger partial charge in [0.25, 0.3) is 11.8 Å². The van der Waals surface area contributed by atoms with Gasteiger partial charge in [-0.1, -0.05) is 23.7 Å². The third-order valence-electron chi connectivity index (χ3n) is 11.6. The number of imide groups is 2. The molecular weight excluding hydrogens is 835 g/mol. The van der Waals surface area contributed by atoms with Crippen molar-refractivity contribution in [1.29, 1.82) is 0 Å². The number of aliphatic imine (C=N–C) groups is 1. The SMILES string of the molecule is [2H]C1([2H])N(CC2CCN(C(=O)C[C@@H]3N=C(c4ccc(Cl)cc4)c4c(sc(C)c4C)-n4c(C)nnc43)CC2)C([2H])([2H])C([2H])([2H])N(c2c(F)c(F)c3c(c2F)C(=O)N(C2CCC(=O)NC2=O)C3=O)C1([2H])[2H]. The van der Waals surface area contributed by atoms with Gasteiger partial charge in [0.15, 0.2) is 23.3 Å². The third-order valence-corrected chi connectivity index (χ3v) is 13.1. The van der Waals surface area contributed by atoms with E-state index in [0.29, 0.717) is 22.4 Å². The van der Waals surface area contributed by atoms with Crippen molar-refractivity contribution in [3.05, 3.63) is 91.1 Å². The molecule has 0 radical (unpaired) electrons. The Morgan fingerprint density at radius 3 is 2.25 bits per heavy atom. The molecule has 14 nitrogen and oxygen atoms in total. The van der Waals surface area contributed by atoms with Gasteiger partial charge in [0.1, 0.15) is 28.6 Å². The van der Waals surface area contributed by atoms with E-state index in [1.165, 1.54) is 0 Å². The Hall–Kier alpha value is -5.46. The van der Waals surface area contributed by atoms with Gasteiger partial charge in [0.2, 0.25) is 17.7 Å². The van der Waals surface area contributed by atoms with Crippen LogP contribution in [0.25, 0.3) is 5.00 Å². The van der Waals surface area contributed by atoms with Gasteiger partial charge in [-0.05, 0) is 63.6 Å². The lowest BCUT2D eigenvalue weighted by Gasteiger charge is -2.40. The first kappa shape index (κ1) is 32.3. The number of halogens is 4. The first-order valence-corrected chi connectivity index (χ1v) is 20.6. The molecule has 19 heteroatoms. The molecular formula is C42H41ClF3N9O5S. The Labute approximate surface area is 368 Å². The maximum atomic E-state index is 16.7. The number of rotatable bonds is 7. The molecule has 0 aliphatic carbocycles. The van der Waals surface area contributed by atoms with Crippen molar-refractivity contribution >= 4 is 63.9 Å². The second-order valence-corrected chi connectivity index (χ2v) is 17.0. The molecule has 3 saturated heterocycles. The molecule has 4 aromatic rings. The monoisotopic (exact) mass is 883 g/mol. The van der Waals surface area contributed by atoms with Crippen molar-refractivity contribution in [1.82, 2.24) is 34.8 Å². The highest BCUT2D eigenvalue weighted by Gasteiger charge is 2.50. The fourth-order valence-corrected chi connectivity index (χ4v) is 9.66. The highest BCUT2D eigenvalue weighted by Crippen LogP contribution is 2.41. The van der Waals surface area contributed by atoms with E-state index >= 15 is 13.2 Å². The van der Waals surface area contributed by atoms with Gasteiger partial charge in [0.05, 0.1) is 28.7 Å².